The van der Waals surface area contributed by atoms with Crippen LogP contribution in [0.4, 0.5) is 0 Å². The smallest absolute Gasteiger partial charge is 0.0982 e. The fraction of sp³-hybridized carbons (Fsp3) is 0.467. The number of nitrogens with one attached hydrogen (secondary N) is 1. The maximum absolute atomic E-state index is 4.67. The lowest BCUT2D eigenvalue weighted by Gasteiger charge is -2.13. The highest BCUT2D eigenvalue weighted by atomic mass is 32.1. The van der Waals surface area contributed by atoms with Crippen molar-refractivity contribution in [3.05, 3.63) is 45.7 Å². The van der Waals surface area contributed by atoms with Gasteiger partial charge in [0.2, 0.25) is 0 Å². The number of pyridine rings is 1. The van der Waals surface area contributed by atoms with E-state index in [0.29, 0.717) is 0 Å². The van der Waals surface area contributed by atoms with Crippen LogP contribution in [0.5, 0.6) is 0 Å². The van der Waals surface area contributed by atoms with Crippen molar-refractivity contribution in [2.45, 2.75) is 46.2 Å². The Morgan fingerprint density at radius 2 is 2.05 bits per heavy atom. The second-order valence-corrected chi connectivity index (χ2v) is 6.62. The highest BCUT2D eigenvalue weighted by Gasteiger charge is 2.17. The summed E-state index contributed by atoms with van der Waals surface area (Å²) in [6.45, 7) is 10.3. The van der Waals surface area contributed by atoms with Gasteiger partial charge in [-0.15, -0.1) is 11.3 Å². The van der Waals surface area contributed by atoms with Crippen molar-refractivity contribution in [1.82, 2.24) is 15.3 Å². The van der Waals surface area contributed by atoms with Crippen LogP contribution in [0.1, 0.15) is 42.7 Å². The molecule has 19 heavy (non-hydrogen) atoms. The molecule has 0 radical (unpaired) electrons. The molecule has 3 nitrogen and oxygen atoms in total. The van der Waals surface area contributed by atoms with Gasteiger partial charge in [-0.2, -0.15) is 0 Å². The van der Waals surface area contributed by atoms with E-state index in [9.17, 15) is 0 Å². The summed E-state index contributed by atoms with van der Waals surface area (Å²) in [5, 5.41) is 6.74. The van der Waals surface area contributed by atoms with E-state index in [-0.39, 0.29) is 5.41 Å². The summed E-state index contributed by atoms with van der Waals surface area (Å²) < 4.78 is 0. The lowest BCUT2D eigenvalue weighted by Crippen LogP contribution is -2.16. The molecule has 0 aliphatic carbocycles. The summed E-state index contributed by atoms with van der Waals surface area (Å²) in [5.74, 6) is 0. The molecule has 0 fully saturated rings. The van der Waals surface area contributed by atoms with Gasteiger partial charge in [0.15, 0.2) is 0 Å². The molecule has 0 aliphatic rings. The molecule has 0 unspecified atom stereocenters. The second-order valence-electron chi connectivity index (χ2n) is 5.76. The predicted octanol–water partition coefficient (Wildman–Crippen LogP) is 3.43. The minimum atomic E-state index is 0.139. The lowest BCUT2D eigenvalue weighted by atomic mass is 9.98. The highest BCUT2D eigenvalue weighted by Crippen LogP contribution is 2.25. The first-order valence-electron chi connectivity index (χ1n) is 6.53. The summed E-state index contributed by atoms with van der Waals surface area (Å²) in [7, 11) is 0. The van der Waals surface area contributed by atoms with Gasteiger partial charge in [-0.25, -0.2) is 4.98 Å². The van der Waals surface area contributed by atoms with Crippen molar-refractivity contribution in [2.24, 2.45) is 0 Å². The number of rotatable bonds is 4. The molecule has 0 spiro atoms. The Hall–Kier alpha value is -1.26. The van der Waals surface area contributed by atoms with Crippen LogP contribution >= 0.6 is 11.3 Å². The summed E-state index contributed by atoms with van der Waals surface area (Å²) in [4.78, 5) is 9.04. The van der Waals surface area contributed by atoms with Crippen LogP contribution in [-0.4, -0.2) is 9.97 Å². The molecular weight excluding hydrogens is 254 g/mol. The van der Waals surface area contributed by atoms with Crippen LogP contribution in [0.3, 0.4) is 0 Å². The molecule has 2 aromatic rings. The zero-order chi connectivity index (χ0) is 13.9. The molecule has 0 amide bonds. The van der Waals surface area contributed by atoms with Gasteiger partial charge in [0.05, 0.1) is 16.4 Å². The van der Waals surface area contributed by atoms with E-state index in [0.717, 1.165) is 24.5 Å². The number of nitrogens with zero attached hydrogens (tertiary/aromatic N) is 2. The van der Waals surface area contributed by atoms with Crippen LogP contribution in [0.15, 0.2) is 23.7 Å². The fourth-order valence-electron chi connectivity index (χ4n) is 1.75. The van der Waals surface area contributed by atoms with Crippen LogP contribution in [0, 0.1) is 6.92 Å². The molecule has 0 bridgehead atoms. The minimum Gasteiger partial charge on any atom is -0.305 e. The molecule has 0 saturated carbocycles. The SMILES string of the molecule is Cc1cccnc1CNCc1csc(C(C)(C)C)n1. The number of thiazole rings is 1. The molecule has 0 saturated heterocycles. The van der Waals surface area contributed by atoms with Gasteiger partial charge < -0.3 is 5.32 Å². The summed E-state index contributed by atoms with van der Waals surface area (Å²) in [6.07, 6.45) is 1.84. The minimum absolute atomic E-state index is 0.139. The van der Waals surface area contributed by atoms with Gasteiger partial charge in [-0.05, 0) is 18.6 Å². The Balaban J connectivity index is 1.90. The molecule has 102 valence electrons. The third kappa shape index (κ3) is 3.85. The Bertz CT molecular complexity index is 540. The number of aromatic nitrogens is 2. The molecule has 0 aromatic carbocycles. The molecule has 1 N–H and O–H groups in total. The van der Waals surface area contributed by atoms with Crippen LogP contribution in [-0.2, 0) is 18.5 Å². The van der Waals surface area contributed by atoms with Gasteiger partial charge in [0, 0.05) is 30.1 Å². The Morgan fingerprint density at radius 1 is 1.26 bits per heavy atom. The maximum atomic E-state index is 4.67. The number of hydrogen-bond acceptors (Lipinski definition) is 4. The van der Waals surface area contributed by atoms with E-state index < -0.39 is 0 Å². The number of hydrogen-bond donors (Lipinski definition) is 1. The van der Waals surface area contributed by atoms with Crippen molar-refractivity contribution in [3.8, 4) is 0 Å². The molecule has 2 aromatic heterocycles. The number of aryl methyl sites for hydroxylation is 1. The first kappa shape index (κ1) is 14.2. The van der Waals surface area contributed by atoms with Gasteiger partial charge in [0.25, 0.3) is 0 Å². The zero-order valence-electron chi connectivity index (χ0n) is 12.0. The third-order valence-electron chi connectivity index (χ3n) is 2.91. The van der Waals surface area contributed by atoms with Gasteiger partial charge >= 0.3 is 0 Å². The molecular formula is C15H21N3S. The largest absolute Gasteiger partial charge is 0.305 e. The van der Waals surface area contributed by atoms with Gasteiger partial charge in [0.1, 0.15) is 0 Å². The summed E-state index contributed by atoms with van der Waals surface area (Å²) in [6, 6.07) is 4.05. The maximum Gasteiger partial charge on any atom is 0.0982 e. The van der Waals surface area contributed by atoms with Crippen molar-refractivity contribution in [3.63, 3.8) is 0 Å². The predicted molar refractivity (Wildman–Crippen MR) is 80.3 cm³/mol. The van der Waals surface area contributed by atoms with Crippen molar-refractivity contribution in [1.29, 1.82) is 0 Å². The molecule has 0 atom stereocenters. The van der Waals surface area contributed by atoms with E-state index in [1.54, 1.807) is 11.3 Å². The van der Waals surface area contributed by atoms with Gasteiger partial charge in [-0.1, -0.05) is 26.8 Å². The van der Waals surface area contributed by atoms with Crippen LogP contribution in [0.2, 0.25) is 0 Å². The average Bonchev–Trinajstić information content (AvgIpc) is 2.80. The topological polar surface area (TPSA) is 37.8 Å². The second kappa shape index (κ2) is 5.80. The molecule has 0 aliphatic heterocycles. The standard InChI is InChI=1S/C15H21N3S/c1-11-6-5-7-17-13(11)9-16-8-12-10-19-14(18-12)15(2,3)4/h5-7,10,16H,8-9H2,1-4H3. The Kier molecular flexibility index (Phi) is 4.32. The molecule has 4 heteroatoms. The van der Waals surface area contributed by atoms with E-state index in [1.165, 1.54) is 10.6 Å². The quantitative estimate of drug-likeness (QED) is 0.929. The zero-order valence-corrected chi connectivity index (χ0v) is 12.8. The average molecular weight is 275 g/mol. The van der Waals surface area contributed by atoms with Crippen molar-refractivity contribution in [2.75, 3.05) is 0 Å². The summed E-state index contributed by atoms with van der Waals surface area (Å²) >= 11 is 1.74. The third-order valence-corrected chi connectivity index (χ3v) is 4.23. The van der Waals surface area contributed by atoms with E-state index in [4.69, 9.17) is 0 Å². The fourth-order valence-corrected chi connectivity index (χ4v) is 2.65. The van der Waals surface area contributed by atoms with E-state index in [1.807, 2.05) is 12.3 Å². The molecule has 2 rings (SSSR count). The van der Waals surface area contributed by atoms with E-state index >= 15 is 0 Å². The monoisotopic (exact) mass is 275 g/mol. The summed E-state index contributed by atoms with van der Waals surface area (Å²) in [5.41, 5.74) is 3.58. The Morgan fingerprint density at radius 3 is 2.68 bits per heavy atom. The van der Waals surface area contributed by atoms with Crippen LogP contribution < -0.4 is 5.32 Å². The highest BCUT2D eigenvalue weighted by molar-refractivity contribution is 7.09. The van der Waals surface area contributed by atoms with Crippen molar-refractivity contribution < 1.29 is 0 Å². The van der Waals surface area contributed by atoms with Gasteiger partial charge in [-0.3, -0.25) is 4.98 Å². The first-order valence-corrected chi connectivity index (χ1v) is 7.41. The van der Waals surface area contributed by atoms with Crippen molar-refractivity contribution >= 4 is 11.3 Å². The normalized spacial score (nSPS) is 11.8. The lowest BCUT2D eigenvalue weighted by molar-refractivity contribution is 0.579. The van der Waals surface area contributed by atoms with E-state index in [2.05, 4.69) is 54.4 Å². The Labute approximate surface area is 119 Å². The first-order chi connectivity index (χ1) is 8.97. The van der Waals surface area contributed by atoms with Crippen LogP contribution in [0.25, 0.3) is 0 Å². The molecule has 2 heterocycles.